The van der Waals surface area contributed by atoms with Crippen molar-refractivity contribution in [3.05, 3.63) is 18.0 Å². The van der Waals surface area contributed by atoms with Crippen LogP contribution in [-0.4, -0.2) is 20.8 Å². The van der Waals surface area contributed by atoms with E-state index in [-0.39, 0.29) is 5.88 Å². The number of aryl methyl sites for hydroxylation is 1. The van der Waals surface area contributed by atoms with Gasteiger partial charge in [0, 0.05) is 13.2 Å². The lowest BCUT2D eigenvalue weighted by Gasteiger charge is -2.05. The standard InChI is InChI=1S/C6H9ClN2O/c1-9-5(2-3-8-9)6(10)4-7/h2-3,6,10H,4H2,1H3/t6-/m1/s1. The maximum atomic E-state index is 9.21. The molecule has 0 radical (unpaired) electrons. The molecular formula is C6H9ClN2O. The Morgan fingerprint density at radius 3 is 3.00 bits per heavy atom. The van der Waals surface area contributed by atoms with Crippen molar-refractivity contribution in [2.24, 2.45) is 7.05 Å². The van der Waals surface area contributed by atoms with E-state index in [0.29, 0.717) is 0 Å². The number of nitrogens with zero attached hydrogens (tertiary/aromatic N) is 2. The van der Waals surface area contributed by atoms with Gasteiger partial charge < -0.3 is 5.11 Å². The molecule has 0 aromatic carbocycles. The number of hydrogen-bond acceptors (Lipinski definition) is 2. The molecular weight excluding hydrogens is 152 g/mol. The fourth-order valence-electron chi connectivity index (χ4n) is 0.790. The zero-order valence-electron chi connectivity index (χ0n) is 5.66. The third kappa shape index (κ3) is 1.30. The van der Waals surface area contributed by atoms with Crippen LogP contribution in [-0.2, 0) is 7.05 Å². The quantitative estimate of drug-likeness (QED) is 0.647. The van der Waals surface area contributed by atoms with Crippen molar-refractivity contribution in [3.63, 3.8) is 0 Å². The van der Waals surface area contributed by atoms with Gasteiger partial charge in [0.25, 0.3) is 0 Å². The minimum atomic E-state index is -0.603. The molecule has 0 fully saturated rings. The Balaban J connectivity index is 2.82. The van der Waals surface area contributed by atoms with Gasteiger partial charge in [-0.3, -0.25) is 4.68 Å². The van der Waals surface area contributed by atoms with Gasteiger partial charge in [0.05, 0.1) is 11.6 Å². The molecule has 0 aliphatic rings. The van der Waals surface area contributed by atoms with E-state index < -0.39 is 6.10 Å². The molecule has 0 unspecified atom stereocenters. The highest BCUT2D eigenvalue weighted by Crippen LogP contribution is 2.11. The monoisotopic (exact) mass is 160 g/mol. The van der Waals surface area contributed by atoms with Crippen LogP contribution in [0.3, 0.4) is 0 Å². The Kier molecular flexibility index (Phi) is 2.29. The van der Waals surface area contributed by atoms with Gasteiger partial charge in [-0.05, 0) is 6.07 Å². The molecule has 0 amide bonds. The molecule has 10 heavy (non-hydrogen) atoms. The predicted octanol–water partition coefficient (Wildman–Crippen LogP) is 0.692. The number of alkyl halides is 1. The first-order valence-corrected chi connectivity index (χ1v) is 3.51. The minimum absolute atomic E-state index is 0.208. The lowest BCUT2D eigenvalue weighted by atomic mass is 10.3. The van der Waals surface area contributed by atoms with Crippen molar-refractivity contribution in [1.29, 1.82) is 0 Å². The highest BCUT2D eigenvalue weighted by molar-refractivity contribution is 6.18. The highest BCUT2D eigenvalue weighted by atomic mass is 35.5. The Labute approximate surface area is 64.2 Å². The fourth-order valence-corrected chi connectivity index (χ4v) is 0.948. The van der Waals surface area contributed by atoms with Crippen LogP contribution in [0.4, 0.5) is 0 Å². The van der Waals surface area contributed by atoms with E-state index in [1.165, 1.54) is 0 Å². The maximum absolute atomic E-state index is 9.21. The van der Waals surface area contributed by atoms with Gasteiger partial charge in [0.1, 0.15) is 6.10 Å². The van der Waals surface area contributed by atoms with Crippen LogP contribution in [0.1, 0.15) is 11.8 Å². The summed E-state index contributed by atoms with van der Waals surface area (Å²) in [6.45, 7) is 0. The van der Waals surface area contributed by atoms with Gasteiger partial charge in [0.15, 0.2) is 0 Å². The van der Waals surface area contributed by atoms with Crippen molar-refractivity contribution in [1.82, 2.24) is 9.78 Å². The summed E-state index contributed by atoms with van der Waals surface area (Å²) in [6, 6.07) is 1.74. The van der Waals surface area contributed by atoms with Crippen LogP contribution in [0.5, 0.6) is 0 Å². The molecule has 0 bridgehead atoms. The van der Waals surface area contributed by atoms with Crippen molar-refractivity contribution < 1.29 is 5.11 Å². The number of halogens is 1. The van der Waals surface area contributed by atoms with Gasteiger partial charge in [-0.15, -0.1) is 11.6 Å². The van der Waals surface area contributed by atoms with Crippen molar-refractivity contribution in [2.75, 3.05) is 5.88 Å². The largest absolute Gasteiger partial charge is 0.386 e. The van der Waals surface area contributed by atoms with Gasteiger partial charge in [-0.1, -0.05) is 0 Å². The molecule has 3 nitrogen and oxygen atoms in total. The molecule has 0 aliphatic heterocycles. The Hall–Kier alpha value is -0.540. The second-order valence-corrected chi connectivity index (χ2v) is 2.36. The average molecular weight is 161 g/mol. The Morgan fingerprint density at radius 2 is 2.60 bits per heavy atom. The first-order chi connectivity index (χ1) is 4.75. The molecule has 0 spiro atoms. The Bertz CT molecular complexity index is 211. The number of aliphatic hydroxyl groups is 1. The van der Waals surface area contributed by atoms with E-state index in [0.717, 1.165) is 5.69 Å². The summed E-state index contributed by atoms with van der Waals surface area (Å²) < 4.78 is 1.60. The fraction of sp³-hybridized carbons (Fsp3) is 0.500. The van der Waals surface area contributed by atoms with Crippen molar-refractivity contribution in [2.45, 2.75) is 6.10 Å². The van der Waals surface area contributed by atoms with Crippen LogP contribution in [0.25, 0.3) is 0 Å². The molecule has 1 aromatic rings. The van der Waals surface area contributed by atoms with Crippen LogP contribution < -0.4 is 0 Å². The summed E-state index contributed by atoms with van der Waals surface area (Å²) in [5.41, 5.74) is 0.745. The van der Waals surface area contributed by atoms with E-state index in [2.05, 4.69) is 5.10 Å². The summed E-state index contributed by atoms with van der Waals surface area (Å²) in [4.78, 5) is 0. The average Bonchev–Trinajstić information content (AvgIpc) is 2.34. The number of rotatable bonds is 2. The zero-order chi connectivity index (χ0) is 7.56. The number of aromatic nitrogens is 2. The van der Waals surface area contributed by atoms with Gasteiger partial charge >= 0.3 is 0 Å². The van der Waals surface area contributed by atoms with E-state index >= 15 is 0 Å². The number of aliphatic hydroxyl groups excluding tert-OH is 1. The topological polar surface area (TPSA) is 38.0 Å². The van der Waals surface area contributed by atoms with Crippen LogP contribution in [0, 0.1) is 0 Å². The molecule has 1 heterocycles. The lowest BCUT2D eigenvalue weighted by molar-refractivity contribution is 0.192. The van der Waals surface area contributed by atoms with Crippen molar-refractivity contribution >= 4 is 11.6 Å². The maximum Gasteiger partial charge on any atom is 0.109 e. The van der Waals surface area contributed by atoms with Crippen LogP contribution >= 0.6 is 11.6 Å². The smallest absolute Gasteiger partial charge is 0.109 e. The summed E-state index contributed by atoms with van der Waals surface area (Å²) in [5.74, 6) is 0.208. The predicted molar refractivity (Wildman–Crippen MR) is 38.9 cm³/mol. The lowest BCUT2D eigenvalue weighted by Crippen LogP contribution is -2.05. The minimum Gasteiger partial charge on any atom is -0.386 e. The van der Waals surface area contributed by atoms with Crippen LogP contribution in [0.2, 0.25) is 0 Å². The molecule has 0 saturated heterocycles. The van der Waals surface area contributed by atoms with Crippen molar-refractivity contribution in [3.8, 4) is 0 Å². The molecule has 1 atom stereocenters. The van der Waals surface area contributed by atoms with E-state index in [9.17, 15) is 5.11 Å². The molecule has 0 saturated carbocycles. The van der Waals surface area contributed by atoms with Gasteiger partial charge in [-0.25, -0.2) is 0 Å². The SMILES string of the molecule is Cn1nccc1[C@H](O)CCl. The van der Waals surface area contributed by atoms with Gasteiger partial charge in [-0.2, -0.15) is 5.10 Å². The number of hydrogen-bond donors (Lipinski definition) is 1. The molecule has 1 aromatic heterocycles. The first-order valence-electron chi connectivity index (χ1n) is 2.97. The van der Waals surface area contributed by atoms with E-state index in [1.54, 1.807) is 24.0 Å². The second-order valence-electron chi connectivity index (χ2n) is 2.05. The molecule has 56 valence electrons. The molecule has 4 heteroatoms. The zero-order valence-corrected chi connectivity index (χ0v) is 6.41. The van der Waals surface area contributed by atoms with Crippen LogP contribution in [0.15, 0.2) is 12.3 Å². The normalized spacial score (nSPS) is 13.5. The summed E-state index contributed by atoms with van der Waals surface area (Å²) in [6.07, 6.45) is 1.03. The second kappa shape index (κ2) is 3.03. The molecule has 1 rings (SSSR count). The summed E-state index contributed by atoms with van der Waals surface area (Å²) >= 11 is 5.42. The summed E-state index contributed by atoms with van der Waals surface area (Å²) in [5, 5.41) is 13.1. The molecule has 1 N–H and O–H groups in total. The van der Waals surface area contributed by atoms with E-state index in [4.69, 9.17) is 11.6 Å². The van der Waals surface area contributed by atoms with E-state index in [1.807, 2.05) is 0 Å². The highest BCUT2D eigenvalue weighted by Gasteiger charge is 2.08. The molecule has 0 aliphatic carbocycles. The third-order valence-corrected chi connectivity index (χ3v) is 1.64. The first kappa shape index (κ1) is 7.57. The Morgan fingerprint density at radius 1 is 1.90 bits per heavy atom. The summed E-state index contributed by atoms with van der Waals surface area (Å²) in [7, 11) is 1.77. The van der Waals surface area contributed by atoms with Gasteiger partial charge in [0.2, 0.25) is 0 Å². The third-order valence-electron chi connectivity index (χ3n) is 1.35.